The van der Waals surface area contributed by atoms with E-state index in [1.165, 1.54) is 55.5 Å². The number of thioether (sulfide) groups is 1. The van der Waals surface area contributed by atoms with E-state index in [9.17, 15) is 87.2 Å². The summed E-state index contributed by atoms with van der Waals surface area (Å²) in [5.74, 6) is -13.2. The molecule has 19 N–H and O–H groups in total. The Hall–Kier alpha value is -10.5. The van der Waals surface area contributed by atoms with Crippen LogP contribution >= 0.6 is 11.8 Å². The summed E-state index contributed by atoms with van der Waals surface area (Å²) in [4.78, 5) is 212. The molecular formula is C69H100N18O18S. The number of primary amides is 2. The maximum absolute atomic E-state index is 14.5. The average molecular weight is 1500 g/mol. The number of hydrogen-bond acceptors (Lipinski definition) is 20. The lowest BCUT2D eigenvalue weighted by Crippen LogP contribution is -2.59. The molecule has 1 fully saturated rings. The van der Waals surface area contributed by atoms with Gasteiger partial charge in [-0.25, -0.2) is 4.98 Å². The van der Waals surface area contributed by atoms with Crippen molar-refractivity contribution >= 4 is 117 Å². The van der Waals surface area contributed by atoms with Gasteiger partial charge < -0.3 is 89.9 Å². The predicted molar refractivity (Wildman–Crippen MR) is 388 cm³/mol. The summed E-state index contributed by atoms with van der Waals surface area (Å²) in [7, 11) is 0. The minimum Gasteiger partial charge on any atom is -0.481 e. The maximum atomic E-state index is 14.5. The van der Waals surface area contributed by atoms with E-state index in [0.717, 1.165) is 0 Å². The van der Waals surface area contributed by atoms with Crippen LogP contribution < -0.4 is 64.6 Å². The number of nitrogens with one attached hydrogen (secondary N) is 12. The second-order valence-electron chi connectivity index (χ2n) is 26.7. The quantitative estimate of drug-likeness (QED) is 0.0223. The van der Waals surface area contributed by atoms with Gasteiger partial charge in [-0.1, -0.05) is 45.9 Å². The van der Waals surface area contributed by atoms with E-state index < -0.39 is 157 Å². The van der Waals surface area contributed by atoms with Gasteiger partial charge in [-0.05, 0) is 118 Å². The summed E-state index contributed by atoms with van der Waals surface area (Å²) in [6, 6.07) is 3.35. The van der Waals surface area contributed by atoms with Gasteiger partial charge in [0, 0.05) is 92.1 Å². The van der Waals surface area contributed by atoms with Crippen molar-refractivity contribution in [2.75, 3.05) is 89.3 Å². The Morgan fingerprint density at radius 3 is 1.73 bits per heavy atom. The first-order valence-corrected chi connectivity index (χ1v) is 36.1. The van der Waals surface area contributed by atoms with Crippen LogP contribution in [0.15, 0.2) is 67.3 Å². The molecule has 0 radical (unpaired) electrons. The second kappa shape index (κ2) is 43.7. The number of carbonyl (C=O) groups is 15. The lowest BCUT2D eigenvalue weighted by atomic mass is 9.96. The highest BCUT2D eigenvalue weighted by Gasteiger charge is 2.35. The maximum Gasteiger partial charge on any atom is 0.317 e. The largest absolute Gasteiger partial charge is 0.481 e. The molecule has 0 spiro atoms. The van der Waals surface area contributed by atoms with Crippen molar-refractivity contribution in [3.8, 4) is 0 Å². The molecule has 36 nitrogen and oxygen atoms in total. The van der Waals surface area contributed by atoms with Gasteiger partial charge in [0.2, 0.25) is 65.0 Å². The number of carboxylic acid groups (broad SMARTS) is 3. The minimum absolute atomic E-state index is 0.0208. The summed E-state index contributed by atoms with van der Waals surface area (Å²) < 4.78 is 0. The molecule has 2 aromatic carbocycles. The molecule has 0 unspecified atom stereocenters. The highest BCUT2D eigenvalue weighted by Crippen LogP contribution is 2.21. The number of imidazole rings is 1. The number of nitrogens with two attached hydrogens (primary N) is 2. The van der Waals surface area contributed by atoms with Crippen LogP contribution in [0.3, 0.4) is 0 Å². The number of carbonyl (C=O) groups excluding carboxylic acids is 12. The first-order valence-electron chi connectivity index (χ1n) is 34.7. The molecule has 37 heteroatoms. The predicted octanol–water partition coefficient (Wildman–Crippen LogP) is -2.26. The second-order valence-corrected chi connectivity index (χ2v) is 27.7. The molecule has 12 amide bonds. The molecule has 0 bridgehead atoms. The molecule has 0 saturated carbocycles. The van der Waals surface area contributed by atoms with Crippen LogP contribution in [0.4, 0.5) is 5.69 Å². The Kier molecular flexibility index (Phi) is 35.5. The Morgan fingerprint density at radius 1 is 0.575 bits per heavy atom. The molecule has 106 heavy (non-hydrogen) atoms. The van der Waals surface area contributed by atoms with E-state index in [2.05, 4.69) is 68.1 Å². The zero-order valence-electron chi connectivity index (χ0n) is 60.3. The van der Waals surface area contributed by atoms with E-state index in [1.807, 2.05) is 20.1 Å². The number of anilines is 1. The topological polar surface area (TPSA) is 543 Å². The van der Waals surface area contributed by atoms with Crippen LogP contribution in [-0.2, 0) is 80.0 Å². The number of aliphatic carboxylic acids is 3. The van der Waals surface area contributed by atoms with Crippen molar-refractivity contribution in [2.45, 2.75) is 135 Å². The Morgan fingerprint density at radius 2 is 1.15 bits per heavy atom. The molecule has 0 aliphatic carbocycles. The normalized spacial score (nSPS) is 15.4. The molecule has 5 rings (SSSR count). The van der Waals surface area contributed by atoms with E-state index >= 15 is 0 Å². The first kappa shape index (κ1) is 86.1. The van der Waals surface area contributed by atoms with E-state index in [-0.39, 0.29) is 121 Å². The number of aromatic nitrogens is 3. The Balaban J connectivity index is 1.22. The van der Waals surface area contributed by atoms with Crippen LogP contribution in [0.5, 0.6) is 0 Å². The zero-order chi connectivity index (χ0) is 78.2. The molecule has 2 aromatic heterocycles. The van der Waals surface area contributed by atoms with Crippen molar-refractivity contribution in [2.24, 2.45) is 29.2 Å². The molecule has 580 valence electrons. The van der Waals surface area contributed by atoms with Crippen LogP contribution in [-0.4, -0.2) is 260 Å². The zero-order valence-corrected chi connectivity index (χ0v) is 61.1. The molecule has 3 heterocycles. The summed E-state index contributed by atoms with van der Waals surface area (Å²) in [5, 5.41) is 55.3. The third-order valence-corrected chi connectivity index (χ3v) is 17.9. The number of hydrogen-bond donors (Lipinski definition) is 17. The minimum atomic E-state index is -1.50. The van der Waals surface area contributed by atoms with E-state index in [0.29, 0.717) is 40.8 Å². The monoisotopic (exact) mass is 1500 g/mol. The average Bonchev–Trinajstić information content (AvgIpc) is 1.68. The fourth-order valence-electron chi connectivity index (χ4n) is 11.5. The number of fused-ring (bicyclic) bond motifs is 1. The van der Waals surface area contributed by atoms with Crippen molar-refractivity contribution in [1.82, 2.24) is 77.5 Å². The van der Waals surface area contributed by atoms with E-state index in [1.54, 1.807) is 59.0 Å². The van der Waals surface area contributed by atoms with Gasteiger partial charge in [0.15, 0.2) is 0 Å². The van der Waals surface area contributed by atoms with Crippen molar-refractivity contribution in [1.29, 1.82) is 0 Å². The first-order chi connectivity index (χ1) is 50.3. The molecule has 1 aliphatic heterocycles. The Labute approximate surface area is 616 Å². The third-order valence-electron chi connectivity index (χ3n) is 17.3. The standard InChI is InChI=1S/C69H100N18O18S/c1-39(2)27-51(67(103)80-49(62(71)98)19-26-106-6)82-68(104)53(30-46-32-72-38-76-46)79-56(90)34-75-69(105)61(40(3)4)84-63(99)41(5)77-66(102)52(29-44-31-73-48-10-8-7-9-47(44)48)83-65(101)50(15-16-54(70)88)81-64(100)43-11-13-45(14-12-43)78-55(89)33-74-57(91)35-87-24-22-85(36-59(94)95)20-17-42(28-58(92)93)18-21-86(23-25-87)37-60(96)97/h7-14,31-32,38-42,49-53,61,73H,15-30,33-37H2,1-6H3,(H2,70,88)(H2,71,98)(H,72,76)(H,74,91)(H,75,105)(H,77,102)(H,78,89)(H,79,90)(H,80,103)(H,81,100)(H,82,104)(H,83,101)(H,84,99)(H,92,93)(H,94,95)(H,96,97)/t41-,49-,50-,51-,52-,53-,61-/m0/s1. The number of amides is 12. The number of nitrogens with zero attached hydrogens (tertiary/aromatic N) is 4. The van der Waals surface area contributed by atoms with Gasteiger partial charge in [-0.3, -0.25) is 86.6 Å². The van der Waals surface area contributed by atoms with Crippen LogP contribution in [0.1, 0.15) is 101 Å². The number of H-pyrrole nitrogens is 2. The molecule has 7 atom stereocenters. The fourth-order valence-corrected chi connectivity index (χ4v) is 12.0. The van der Waals surface area contributed by atoms with Gasteiger partial charge in [-0.2, -0.15) is 11.8 Å². The lowest BCUT2D eigenvalue weighted by molar-refractivity contribution is -0.140. The van der Waals surface area contributed by atoms with Gasteiger partial charge in [0.05, 0.1) is 39.1 Å². The summed E-state index contributed by atoms with van der Waals surface area (Å²) in [6.07, 6.45) is 6.14. The number of para-hydroxylation sites is 1. The summed E-state index contributed by atoms with van der Waals surface area (Å²) >= 11 is 1.45. The summed E-state index contributed by atoms with van der Waals surface area (Å²) in [5.41, 5.74) is 12.9. The molecular weight excluding hydrogens is 1400 g/mol. The van der Waals surface area contributed by atoms with Crippen LogP contribution in [0.2, 0.25) is 0 Å². The summed E-state index contributed by atoms with van der Waals surface area (Å²) in [6.45, 7) is 7.32. The van der Waals surface area contributed by atoms with Crippen LogP contribution in [0, 0.1) is 17.8 Å². The van der Waals surface area contributed by atoms with Crippen LogP contribution in [0.25, 0.3) is 10.9 Å². The highest BCUT2D eigenvalue weighted by atomic mass is 32.2. The molecule has 1 saturated heterocycles. The number of rotatable bonds is 41. The molecule has 4 aromatic rings. The number of aromatic amines is 2. The van der Waals surface area contributed by atoms with Crippen molar-refractivity contribution in [3.63, 3.8) is 0 Å². The van der Waals surface area contributed by atoms with Crippen molar-refractivity contribution in [3.05, 3.63) is 84.1 Å². The van der Waals surface area contributed by atoms with Gasteiger partial charge in [0.25, 0.3) is 5.91 Å². The highest BCUT2D eigenvalue weighted by molar-refractivity contribution is 7.98. The Bertz CT molecular complexity index is 3660. The molecule has 1 aliphatic rings. The van der Waals surface area contributed by atoms with Gasteiger partial charge in [0.1, 0.15) is 42.3 Å². The van der Waals surface area contributed by atoms with Gasteiger partial charge >= 0.3 is 17.9 Å². The number of benzene rings is 2. The number of carboxylic acids is 3. The van der Waals surface area contributed by atoms with Crippen molar-refractivity contribution < 1.29 is 87.2 Å². The third kappa shape index (κ3) is 30.7. The van der Waals surface area contributed by atoms with E-state index in [4.69, 9.17) is 11.5 Å². The SMILES string of the molecule is CSCC[C@H](NC(=O)[C@H](CC(C)C)NC(=O)[C@H](Cc1cnc[nH]1)NC(=O)CNC(=O)[C@@H](NC(=O)[C@H](C)NC(=O)[C@H](Cc1c[nH]c2ccccc12)NC(=O)[C@H](CCC(N)=O)NC(=O)c1ccc(NC(=O)CNC(=O)CN2CCN(CC(=O)O)CCC(CC(=O)O)CCN(CC(=O)O)CC2)cc1)C(C)C)C(N)=O. The fraction of sp³-hybridized carbons (Fsp3) is 0.536. The smallest absolute Gasteiger partial charge is 0.317 e. The lowest BCUT2D eigenvalue weighted by Gasteiger charge is -2.31. The van der Waals surface area contributed by atoms with Gasteiger partial charge in [-0.15, -0.1) is 0 Å².